The molecule has 0 amide bonds. The van der Waals surface area contributed by atoms with Crippen molar-refractivity contribution in [1.82, 2.24) is 9.55 Å². The first kappa shape index (κ1) is 13.1. The van der Waals surface area contributed by atoms with Gasteiger partial charge >= 0.3 is 0 Å². The Hall–Kier alpha value is -2.89. The number of non-ortho nitro benzene ring substituents is 1. The Kier molecular flexibility index (Phi) is 3.27. The fraction of sp³-hybridized carbons (Fsp3) is 0.133. The van der Waals surface area contributed by atoms with Crippen LogP contribution in [0.25, 0.3) is 11.0 Å². The zero-order valence-corrected chi connectivity index (χ0v) is 11.5. The van der Waals surface area contributed by atoms with Crippen LogP contribution in [0.2, 0.25) is 0 Å². The molecular weight excluding hydrogens is 268 g/mol. The first-order valence-corrected chi connectivity index (χ1v) is 6.66. The number of fused-ring (bicyclic) bond motifs is 1. The van der Waals surface area contributed by atoms with E-state index in [2.05, 4.69) is 21.8 Å². The lowest BCUT2D eigenvalue weighted by molar-refractivity contribution is -0.384. The van der Waals surface area contributed by atoms with Gasteiger partial charge in [-0.15, -0.1) is 0 Å². The van der Waals surface area contributed by atoms with E-state index in [9.17, 15) is 10.1 Å². The molecule has 0 fully saturated rings. The number of aryl methyl sites for hydroxylation is 1. The van der Waals surface area contributed by atoms with Gasteiger partial charge in [-0.3, -0.25) is 10.1 Å². The van der Waals surface area contributed by atoms with Crippen molar-refractivity contribution in [3.63, 3.8) is 0 Å². The van der Waals surface area contributed by atoms with E-state index in [4.69, 9.17) is 0 Å². The summed E-state index contributed by atoms with van der Waals surface area (Å²) < 4.78 is 2.07. The number of para-hydroxylation sites is 2. The Morgan fingerprint density at radius 1 is 1.19 bits per heavy atom. The van der Waals surface area contributed by atoms with Crippen LogP contribution < -0.4 is 5.32 Å². The van der Waals surface area contributed by atoms with Crippen molar-refractivity contribution < 1.29 is 4.92 Å². The second kappa shape index (κ2) is 5.24. The average Bonchev–Trinajstić information content (AvgIpc) is 2.84. The van der Waals surface area contributed by atoms with Crippen LogP contribution in [0, 0.1) is 10.1 Å². The van der Waals surface area contributed by atoms with Gasteiger partial charge in [-0.2, -0.15) is 0 Å². The van der Waals surface area contributed by atoms with Gasteiger partial charge in [0, 0.05) is 24.4 Å². The summed E-state index contributed by atoms with van der Waals surface area (Å²) in [6, 6.07) is 14.2. The lowest BCUT2D eigenvalue weighted by atomic mass is 10.3. The zero-order chi connectivity index (χ0) is 14.8. The summed E-state index contributed by atoms with van der Waals surface area (Å²) in [5.74, 6) is 0.729. The highest BCUT2D eigenvalue weighted by atomic mass is 16.6. The van der Waals surface area contributed by atoms with Crippen molar-refractivity contribution in [3.05, 3.63) is 58.6 Å². The molecule has 0 spiro atoms. The molecule has 0 aliphatic rings. The van der Waals surface area contributed by atoms with E-state index in [1.807, 2.05) is 24.3 Å². The molecule has 1 heterocycles. The summed E-state index contributed by atoms with van der Waals surface area (Å²) in [6.07, 6.45) is 0. The zero-order valence-electron chi connectivity index (χ0n) is 11.5. The van der Waals surface area contributed by atoms with Gasteiger partial charge in [0.05, 0.1) is 16.0 Å². The number of rotatable bonds is 4. The Balaban J connectivity index is 1.95. The SMILES string of the molecule is CCn1c(Nc2ccc([N+](=O)[O-])cc2)nc2ccccc21. The van der Waals surface area contributed by atoms with E-state index < -0.39 is 4.92 Å². The van der Waals surface area contributed by atoms with Crippen LogP contribution in [0.5, 0.6) is 0 Å². The van der Waals surface area contributed by atoms with E-state index in [-0.39, 0.29) is 5.69 Å². The average molecular weight is 282 g/mol. The van der Waals surface area contributed by atoms with E-state index in [1.165, 1.54) is 12.1 Å². The van der Waals surface area contributed by atoms with Crippen molar-refractivity contribution in [1.29, 1.82) is 0 Å². The number of nitrogens with zero attached hydrogens (tertiary/aromatic N) is 3. The minimum absolute atomic E-state index is 0.0737. The molecule has 106 valence electrons. The molecule has 0 bridgehead atoms. The lowest BCUT2D eigenvalue weighted by Crippen LogP contribution is -2.02. The van der Waals surface area contributed by atoms with E-state index in [0.717, 1.165) is 29.2 Å². The summed E-state index contributed by atoms with van der Waals surface area (Å²) in [5.41, 5.74) is 2.82. The second-order valence-corrected chi connectivity index (χ2v) is 4.60. The molecule has 3 aromatic rings. The van der Waals surface area contributed by atoms with Crippen LogP contribution >= 0.6 is 0 Å². The maximum Gasteiger partial charge on any atom is 0.269 e. The number of hydrogen-bond acceptors (Lipinski definition) is 4. The molecule has 1 N–H and O–H groups in total. The van der Waals surface area contributed by atoms with Crippen LogP contribution in [-0.4, -0.2) is 14.5 Å². The topological polar surface area (TPSA) is 73.0 Å². The number of hydrogen-bond donors (Lipinski definition) is 1. The van der Waals surface area contributed by atoms with Gasteiger partial charge in [0.25, 0.3) is 5.69 Å². The quantitative estimate of drug-likeness (QED) is 0.585. The summed E-state index contributed by atoms with van der Waals surface area (Å²) in [7, 11) is 0. The van der Waals surface area contributed by atoms with Crippen molar-refractivity contribution in [2.75, 3.05) is 5.32 Å². The molecule has 3 rings (SSSR count). The van der Waals surface area contributed by atoms with Gasteiger partial charge in [-0.1, -0.05) is 12.1 Å². The van der Waals surface area contributed by atoms with Crippen LogP contribution in [0.1, 0.15) is 6.92 Å². The Morgan fingerprint density at radius 3 is 2.57 bits per heavy atom. The minimum Gasteiger partial charge on any atom is -0.326 e. The van der Waals surface area contributed by atoms with Gasteiger partial charge in [0.1, 0.15) is 0 Å². The van der Waals surface area contributed by atoms with Crippen molar-refractivity contribution in [3.8, 4) is 0 Å². The molecule has 0 saturated heterocycles. The molecule has 0 atom stereocenters. The fourth-order valence-electron chi connectivity index (χ4n) is 2.29. The predicted molar refractivity (Wildman–Crippen MR) is 81.8 cm³/mol. The van der Waals surface area contributed by atoms with Gasteiger partial charge in [-0.25, -0.2) is 4.98 Å². The number of nitro benzene ring substituents is 1. The Bertz CT molecular complexity index is 793. The monoisotopic (exact) mass is 282 g/mol. The molecule has 0 radical (unpaired) electrons. The Morgan fingerprint density at radius 2 is 1.90 bits per heavy atom. The highest BCUT2D eigenvalue weighted by Gasteiger charge is 2.10. The second-order valence-electron chi connectivity index (χ2n) is 4.60. The number of anilines is 2. The highest BCUT2D eigenvalue weighted by Crippen LogP contribution is 2.23. The first-order chi connectivity index (χ1) is 10.2. The largest absolute Gasteiger partial charge is 0.326 e. The van der Waals surface area contributed by atoms with E-state index in [0.29, 0.717) is 0 Å². The first-order valence-electron chi connectivity index (χ1n) is 6.66. The third-order valence-corrected chi connectivity index (χ3v) is 3.31. The smallest absolute Gasteiger partial charge is 0.269 e. The standard InChI is InChI=1S/C15H14N4O2/c1-2-18-14-6-4-3-5-13(14)17-15(18)16-11-7-9-12(10-8-11)19(20)21/h3-10H,2H2,1H3,(H,16,17). The highest BCUT2D eigenvalue weighted by molar-refractivity contribution is 5.79. The molecule has 1 aromatic heterocycles. The molecule has 0 saturated carbocycles. The third-order valence-electron chi connectivity index (χ3n) is 3.31. The summed E-state index contributed by atoms with van der Waals surface area (Å²) >= 11 is 0. The molecular formula is C15H14N4O2. The predicted octanol–water partition coefficient (Wildman–Crippen LogP) is 3.71. The van der Waals surface area contributed by atoms with E-state index in [1.54, 1.807) is 12.1 Å². The maximum absolute atomic E-state index is 10.7. The normalized spacial score (nSPS) is 10.7. The van der Waals surface area contributed by atoms with Crippen LogP contribution in [0.3, 0.4) is 0 Å². The van der Waals surface area contributed by atoms with Crippen molar-refractivity contribution >= 4 is 28.4 Å². The van der Waals surface area contributed by atoms with Crippen LogP contribution in [-0.2, 0) is 6.54 Å². The summed E-state index contributed by atoms with van der Waals surface area (Å²) in [6.45, 7) is 2.84. The molecule has 0 aliphatic carbocycles. The number of nitrogens with one attached hydrogen (secondary N) is 1. The number of imidazole rings is 1. The minimum atomic E-state index is -0.412. The van der Waals surface area contributed by atoms with Gasteiger partial charge < -0.3 is 9.88 Å². The molecule has 0 unspecified atom stereocenters. The number of aromatic nitrogens is 2. The summed E-state index contributed by atoms with van der Waals surface area (Å²) in [5, 5.41) is 13.9. The van der Waals surface area contributed by atoms with Crippen molar-refractivity contribution in [2.45, 2.75) is 13.5 Å². The van der Waals surface area contributed by atoms with Crippen LogP contribution in [0.15, 0.2) is 48.5 Å². The van der Waals surface area contributed by atoms with Gasteiger partial charge in [0.15, 0.2) is 0 Å². The molecule has 6 heteroatoms. The van der Waals surface area contributed by atoms with Crippen molar-refractivity contribution in [2.24, 2.45) is 0 Å². The lowest BCUT2D eigenvalue weighted by Gasteiger charge is -2.08. The maximum atomic E-state index is 10.7. The fourth-order valence-corrected chi connectivity index (χ4v) is 2.29. The third kappa shape index (κ3) is 2.43. The molecule has 21 heavy (non-hydrogen) atoms. The Labute approximate surface area is 121 Å². The molecule has 2 aromatic carbocycles. The van der Waals surface area contributed by atoms with Crippen LogP contribution in [0.4, 0.5) is 17.3 Å². The van der Waals surface area contributed by atoms with Gasteiger partial charge in [0.2, 0.25) is 5.95 Å². The molecule has 0 aliphatic heterocycles. The van der Waals surface area contributed by atoms with E-state index >= 15 is 0 Å². The number of benzene rings is 2. The number of nitro groups is 1. The summed E-state index contributed by atoms with van der Waals surface area (Å²) in [4.78, 5) is 14.8. The molecule has 6 nitrogen and oxygen atoms in total. The van der Waals surface area contributed by atoms with Gasteiger partial charge in [-0.05, 0) is 31.2 Å².